The Morgan fingerprint density at radius 1 is 1.00 bits per heavy atom. The Bertz CT molecular complexity index is 479. The van der Waals surface area contributed by atoms with Crippen LogP contribution in [0.4, 0.5) is 0 Å². The smallest absolute Gasteiger partial charge is 0.326 e. The Hall–Kier alpha value is -2.69. The minimum absolute atomic E-state index is 0.420. The number of hydrogen-bond acceptors (Lipinski definition) is 6. The van der Waals surface area contributed by atoms with Gasteiger partial charge in [0.2, 0.25) is 17.7 Å². The summed E-state index contributed by atoms with van der Waals surface area (Å²) in [6, 6.07) is -4.06. The van der Waals surface area contributed by atoms with Crippen LogP contribution in [0.1, 0.15) is 19.8 Å². The van der Waals surface area contributed by atoms with Gasteiger partial charge in [0.15, 0.2) is 0 Å². The highest BCUT2D eigenvalue weighted by Gasteiger charge is 2.27. The molecule has 0 radical (unpaired) electrons. The maximum atomic E-state index is 11.7. The number of rotatable bonds is 9. The van der Waals surface area contributed by atoms with Crippen LogP contribution >= 0.6 is 0 Å². The van der Waals surface area contributed by atoms with Gasteiger partial charge >= 0.3 is 11.9 Å². The van der Waals surface area contributed by atoms with Crippen molar-refractivity contribution < 1.29 is 34.2 Å². The summed E-state index contributed by atoms with van der Waals surface area (Å²) in [6.07, 6.45) is -1.24. The molecule has 11 heteroatoms. The van der Waals surface area contributed by atoms with Crippen LogP contribution in [-0.4, -0.2) is 58.0 Å². The van der Waals surface area contributed by atoms with Crippen LogP contribution in [-0.2, 0) is 24.0 Å². The number of amides is 3. The molecule has 0 aliphatic heterocycles. The molecule has 3 amide bonds. The lowest BCUT2D eigenvalue weighted by Crippen LogP contribution is -2.54. The molecule has 0 aliphatic carbocycles. The second-order valence-corrected chi connectivity index (χ2v) is 4.50. The molecule has 0 saturated carbocycles. The molecule has 3 atom stereocenters. The highest BCUT2D eigenvalue weighted by Crippen LogP contribution is 1.96. The van der Waals surface area contributed by atoms with Crippen molar-refractivity contribution >= 4 is 29.7 Å². The zero-order valence-corrected chi connectivity index (χ0v) is 11.7. The van der Waals surface area contributed by atoms with Gasteiger partial charge in [0.05, 0.1) is 18.9 Å². The molecule has 0 rings (SSSR count). The molecule has 0 aliphatic rings. The van der Waals surface area contributed by atoms with Gasteiger partial charge in [-0.25, -0.2) is 4.79 Å². The molecule has 0 heterocycles. The Morgan fingerprint density at radius 2 is 1.55 bits per heavy atom. The van der Waals surface area contributed by atoms with E-state index >= 15 is 0 Å². The first-order chi connectivity index (χ1) is 10.0. The Balaban J connectivity index is 4.58. The molecule has 0 aromatic carbocycles. The molecule has 3 unspecified atom stereocenters. The van der Waals surface area contributed by atoms with Gasteiger partial charge in [-0.1, -0.05) is 0 Å². The molecule has 0 aromatic rings. The van der Waals surface area contributed by atoms with Crippen LogP contribution in [0.5, 0.6) is 0 Å². The van der Waals surface area contributed by atoms with Gasteiger partial charge in [0.25, 0.3) is 0 Å². The van der Waals surface area contributed by atoms with Crippen LogP contribution < -0.4 is 22.1 Å². The maximum absolute atomic E-state index is 11.7. The molecule has 0 bridgehead atoms. The number of carboxylic acids is 2. The quantitative estimate of drug-likeness (QED) is 0.254. The summed E-state index contributed by atoms with van der Waals surface area (Å²) >= 11 is 0. The highest BCUT2D eigenvalue weighted by atomic mass is 16.4. The molecule has 0 aromatic heterocycles. The fourth-order valence-corrected chi connectivity index (χ4v) is 1.37. The topological polar surface area (TPSA) is 202 Å². The van der Waals surface area contributed by atoms with Gasteiger partial charge in [0.1, 0.15) is 12.1 Å². The van der Waals surface area contributed by atoms with E-state index in [4.69, 9.17) is 21.7 Å². The average Bonchev–Trinajstić information content (AvgIpc) is 2.35. The molecule has 0 spiro atoms. The van der Waals surface area contributed by atoms with Crippen molar-refractivity contribution in [3.05, 3.63) is 0 Å². The van der Waals surface area contributed by atoms with Crippen LogP contribution in [0, 0.1) is 0 Å². The van der Waals surface area contributed by atoms with E-state index in [0.717, 1.165) is 0 Å². The number of hydrogen-bond donors (Lipinski definition) is 6. The number of carbonyl (C=O) groups is 5. The fourth-order valence-electron chi connectivity index (χ4n) is 1.37. The zero-order chi connectivity index (χ0) is 17.4. The van der Waals surface area contributed by atoms with Crippen molar-refractivity contribution in [2.24, 2.45) is 11.5 Å². The lowest BCUT2D eigenvalue weighted by atomic mass is 10.1. The van der Waals surface area contributed by atoms with Crippen molar-refractivity contribution in [1.82, 2.24) is 10.6 Å². The summed E-state index contributed by atoms with van der Waals surface area (Å²) in [7, 11) is 0. The number of aliphatic carboxylic acids is 2. The minimum atomic E-state index is -1.64. The third-order valence-corrected chi connectivity index (χ3v) is 2.50. The third kappa shape index (κ3) is 7.19. The summed E-state index contributed by atoms with van der Waals surface area (Å²) in [5, 5.41) is 21.5. The monoisotopic (exact) mass is 318 g/mol. The first kappa shape index (κ1) is 19.3. The summed E-state index contributed by atoms with van der Waals surface area (Å²) in [5.41, 5.74) is 10.2. The van der Waals surface area contributed by atoms with Gasteiger partial charge in [0, 0.05) is 0 Å². The van der Waals surface area contributed by atoms with E-state index in [0.29, 0.717) is 0 Å². The first-order valence-corrected chi connectivity index (χ1v) is 6.13. The lowest BCUT2D eigenvalue weighted by molar-refractivity contribution is -0.147. The molecule has 0 saturated heterocycles. The normalized spacial score (nSPS) is 14.3. The minimum Gasteiger partial charge on any atom is -0.481 e. The molecule has 11 nitrogen and oxygen atoms in total. The molecular formula is C11H18N4O7. The predicted molar refractivity (Wildman–Crippen MR) is 71.2 cm³/mol. The van der Waals surface area contributed by atoms with Crippen LogP contribution in [0.25, 0.3) is 0 Å². The van der Waals surface area contributed by atoms with Gasteiger partial charge in [-0.3, -0.25) is 19.2 Å². The molecule has 22 heavy (non-hydrogen) atoms. The van der Waals surface area contributed by atoms with Crippen LogP contribution in [0.3, 0.4) is 0 Å². The van der Waals surface area contributed by atoms with Gasteiger partial charge in [-0.05, 0) is 6.92 Å². The van der Waals surface area contributed by atoms with E-state index in [2.05, 4.69) is 5.32 Å². The van der Waals surface area contributed by atoms with Gasteiger partial charge < -0.3 is 32.3 Å². The number of nitrogens with one attached hydrogen (secondary N) is 2. The van der Waals surface area contributed by atoms with Crippen LogP contribution in [0.2, 0.25) is 0 Å². The number of carboxylic acid groups (broad SMARTS) is 2. The summed E-state index contributed by atoms with van der Waals surface area (Å²) < 4.78 is 0. The lowest BCUT2D eigenvalue weighted by Gasteiger charge is -2.19. The summed E-state index contributed by atoms with van der Waals surface area (Å²) in [6.45, 7) is 1.24. The van der Waals surface area contributed by atoms with Crippen molar-refractivity contribution in [3.8, 4) is 0 Å². The Morgan fingerprint density at radius 3 is 1.95 bits per heavy atom. The second-order valence-electron chi connectivity index (χ2n) is 4.50. The Labute approximate surface area is 125 Å². The van der Waals surface area contributed by atoms with Crippen molar-refractivity contribution in [2.75, 3.05) is 0 Å². The number of carbonyl (C=O) groups excluding carboxylic acids is 3. The second kappa shape index (κ2) is 8.56. The van der Waals surface area contributed by atoms with E-state index < -0.39 is 60.6 Å². The molecule has 0 fully saturated rings. The van der Waals surface area contributed by atoms with E-state index in [1.54, 1.807) is 0 Å². The zero-order valence-electron chi connectivity index (χ0n) is 11.7. The van der Waals surface area contributed by atoms with E-state index in [9.17, 15) is 24.0 Å². The van der Waals surface area contributed by atoms with Gasteiger partial charge in [-0.2, -0.15) is 0 Å². The molecular weight excluding hydrogens is 300 g/mol. The van der Waals surface area contributed by atoms with Crippen molar-refractivity contribution in [3.63, 3.8) is 0 Å². The standard InChI is InChI=1S/C11H18N4O7/c1-4(14-10(20)5(12)2-7(13)16)9(19)15-6(11(21)22)3-8(17)18/h4-6H,2-3,12H2,1H3,(H2,13,16)(H,14,20)(H,15,19)(H,17,18)(H,21,22). The number of nitrogens with two attached hydrogens (primary N) is 2. The fraction of sp³-hybridized carbons (Fsp3) is 0.545. The third-order valence-electron chi connectivity index (χ3n) is 2.50. The maximum Gasteiger partial charge on any atom is 0.326 e. The molecule has 8 N–H and O–H groups in total. The molecule has 124 valence electrons. The van der Waals surface area contributed by atoms with Crippen molar-refractivity contribution in [1.29, 1.82) is 0 Å². The Kier molecular flexibility index (Phi) is 7.52. The summed E-state index contributed by atoms with van der Waals surface area (Å²) in [5.74, 6) is -5.47. The first-order valence-electron chi connectivity index (χ1n) is 6.13. The highest BCUT2D eigenvalue weighted by molar-refractivity contribution is 5.93. The van der Waals surface area contributed by atoms with E-state index in [1.165, 1.54) is 6.92 Å². The average molecular weight is 318 g/mol. The van der Waals surface area contributed by atoms with Crippen molar-refractivity contribution in [2.45, 2.75) is 37.9 Å². The SMILES string of the molecule is CC(NC(=O)C(N)CC(N)=O)C(=O)NC(CC(=O)O)C(=O)O. The summed E-state index contributed by atoms with van der Waals surface area (Å²) in [4.78, 5) is 55.2. The van der Waals surface area contributed by atoms with E-state index in [1.807, 2.05) is 5.32 Å². The van der Waals surface area contributed by atoms with Gasteiger partial charge in [-0.15, -0.1) is 0 Å². The van der Waals surface area contributed by atoms with E-state index in [-0.39, 0.29) is 0 Å². The van der Waals surface area contributed by atoms with Crippen LogP contribution in [0.15, 0.2) is 0 Å². The number of primary amides is 1. The largest absolute Gasteiger partial charge is 0.481 e. The predicted octanol–water partition coefficient (Wildman–Crippen LogP) is -3.26.